The van der Waals surface area contributed by atoms with Gasteiger partial charge in [0.15, 0.2) is 5.56 Å². The van der Waals surface area contributed by atoms with E-state index in [1.165, 1.54) is 32.1 Å². The van der Waals surface area contributed by atoms with Gasteiger partial charge in [-0.1, -0.05) is 91.5 Å². The molecule has 0 spiro atoms. The fraction of sp³-hybridized carbons (Fsp3) is 0.348. The van der Waals surface area contributed by atoms with Gasteiger partial charge in [-0.05, 0) is 23.3 Å². The summed E-state index contributed by atoms with van der Waals surface area (Å²) in [5.74, 6) is -0.260. The van der Waals surface area contributed by atoms with Crippen LogP contribution < -0.4 is 5.48 Å². The van der Waals surface area contributed by atoms with Crippen molar-refractivity contribution >= 4 is 27.5 Å². The molecule has 0 aliphatic rings. The Balaban J connectivity index is 1.67. The van der Waals surface area contributed by atoms with Crippen molar-refractivity contribution < 1.29 is 15.1 Å². The Morgan fingerprint density at radius 1 is 0.846 bits per heavy atom. The van der Waals surface area contributed by atoms with Gasteiger partial charge >= 0.3 is 5.97 Å². The molecular weight excluding hydrogens is 322 g/mol. The number of quaternary nitrogens is 1. The number of carbonyl (C=O) groups is 1. The Morgan fingerprint density at radius 2 is 1.42 bits per heavy atom. The van der Waals surface area contributed by atoms with Crippen LogP contribution in [0.25, 0.3) is 21.5 Å². The number of unbranched alkanes of at least 4 members (excludes halogenated alkanes) is 5. The van der Waals surface area contributed by atoms with Crippen molar-refractivity contribution in [3.63, 3.8) is 0 Å². The van der Waals surface area contributed by atoms with E-state index in [1.807, 2.05) is 48.5 Å². The van der Waals surface area contributed by atoms with Crippen LogP contribution in [0, 0.1) is 0 Å². The topological polar surface area (TPSA) is 45.7 Å². The monoisotopic (exact) mass is 350 g/mol. The van der Waals surface area contributed by atoms with Crippen LogP contribution in [0.15, 0.2) is 54.6 Å². The minimum atomic E-state index is -0.260. The Labute approximate surface area is 155 Å². The number of rotatable bonds is 9. The minimum absolute atomic E-state index is 0.260. The van der Waals surface area contributed by atoms with Crippen LogP contribution in [0.1, 0.15) is 55.8 Å². The zero-order valence-electron chi connectivity index (χ0n) is 15.5. The van der Waals surface area contributed by atoms with E-state index in [-0.39, 0.29) is 5.97 Å². The van der Waals surface area contributed by atoms with Crippen LogP contribution in [0.2, 0.25) is 0 Å². The molecule has 0 fully saturated rings. The molecule has 3 heteroatoms. The highest BCUT2D eigenvalue weighted by Gasteiger charge is 2.29. The zero-order valence-corrected chi connectivity index (χ0v) is 15.5. The zero-order chi connectivity index (χ0) is 18.2. The van der Waals surface area contributed by atoms with E-state index in [0.717, 1.165) is 34.5 Å². The lowest BCUT2D eigenvalue weighted by Crippen LogP contribution is -2.84. The van der Waals surface area contributed by atoms with Gasteiger partial charge < -0.3 is 0 Å². The molecule has 0 saturated carbocycles. The van der Waals surface area contributed by atoms with Crippen LogP contribution in [0.5, 0.6) is 0 Å². The average Bonchev–Trinajstić information content (AvgIpc) is 2.68. The van der Waals surface area contributed by atoms with E-state index in [1.54, 1.807) is 5.48 Å². The summed E-state index contributed by atoms with van der Waals surface area (Å²) < 4.78 is 0. The normalized spacial score (nSPS) is 11.1. The highest BCUT2D eigenvalue weighted by atomic mass is 16.7. The maximum Gasteiger partial charge on any atom is 0.671 e. The van der Waals surface area contributed by atoms with E-state index < -0.39 is 0 Å². The summed E-state index contributed by atoms with van der Waals surface area (Å²) in [5.41, 5.74) is 2.34. The number of hydroxylamine groups is 1. The number of nitrogens with two attached hydrogens (primary N) is 1. The van der Waals surface area contributed by atoms with Crippen LogP contribution in [0.3, 0.4) is 0 Å². The van der Waals surface area contributed by atoms with Gasteiger partial charge in [0.05, 0.1) is 4.79 Å². The molecule has 0 aliphatic carbocycles. The highest BCUT2D eigenvalue weighted by Crippen LogP contribution is 2.28. The third-order valence-electron chi connectivity index (χ3n) is 4.84. The first kappa shape index (κ1) is 18.4. The second kappa shape index (κ2) is 9.35. The molecule has 0 atom stereocenters. The number of hydrogen-bond donors (Lipinski definition) is 1. The molecule has 0 amide bonds. The van der Waals surface area contributed by atoms with Crippen LogP contribution in [-0.2, 0) is 4.84 Å². The number of hydrogen-bond acceptors (Lipinski definition) is 2. The fourth-order valence-electron chi connectivity index (χ4n) is 3.44. The van der Waals surface area contributed by atoms with Crippen molar-refractivity contribution in [1.29, 1.82) is 0 Å². The third kappa shape index (κ3) is 4.41. The molecule has 0 aromatic heterocycles. The van der Waals surface area contributed by atoms with Gasteiger partial charge in [-0.3, -0.25) is 0 Å². The number of benzene rings is 3. The van der Waals surface area contributed by atoms with E-state index in [0.29, 0.717) is 5.56 Å². The van der Waals surface area contributed by atoms with Crippen LogP contribution in [-0.4, -0.2) is 12.5 Å². The molecule has 0 unspecified atom stereocenters. The number of fused-ring (bicyclic) bond motifs is 2. The summed E-state index contributed by atoms with van der Waals surface area (Å²) >= 11 is 0. The van der Waals surface area contributed by atoms with E-state index in [2.05, 4.69) is 13.0 Å². The Hall–Kier alpha value is -2.39. The summed E-state index contributed by atoms with van der Waals surface area (Å²) in [4.78, 5) is 18.3. The predicted molar refractivity (Wildman–Crippen MR) is 107 cm³/mol. The number of carbonyl (C=O) groups excluding carboxylic acids is 1. The summed E-state index contributed by atoms with van der Waals surface area (Å²) in [6.45, 7) is 3.05. The molecule has 3 nitrogen and oxygen atoms in total. The lowest BCUT2D eigenvalue weighted by atomic mass is 9.97. The lowest BCUT2D eigenvalue weighted by molar-refractivity contribution is -0.870. The Morgan fingerprint density at radius 3 is 2.08 bits per heavy atom. The summed E-state index contributed by atoms with van der Waals surface area (Å²) in [7, 11) is 0. The molecule has 2 N–H and O–H groups in total. The SMILES string of the molecule is CCCCCCCC[NH2+]OC(=[O+])c1c2ccccc2cc2ccccc12. The lowest BCUT2D eigenvalue weighted by Gasteiger charge is -2.05. The molecule has 3 aromatic carbocycles. The molecule has 0 saturated heterocycles. The maximum absolute atomic E-state index is 12.8. The van der Waals surface area contributed by atoms with Gasteiger partial charge in [0.1, 0.15) is 6.54 Å². The molecular formula is C23H28NO2+2. The first-order chi connectivity index (χ1) is 12.8. The van der Waals surface area contributed by atoms with Crippen LogP contribution in [0.4, 0.5) is 0 Å². The Kier molecular flexibility index (Phi) is 6.62. The fourth-order valence-corrected chi connectivity index (χ4v) is 3.44. The van der Waals surface area contributed by atoms with E-state index in [4.69, 9.17) is 4.84 Å². The van der Waals surface area contributed by atoms with Gasteiger partial charge in [0, 0.05) is 17.2 Å². The molecule has 0 bridgehead atoms. The van der Waals surface area contributed by atoms with Gasteiger partial charge in [0.2, 0.25) is 0 Å². The van der Waals surface area contributed by atoms with E-state index in [9.17, 15) is 4.79 Å². The molecule has 1 radical (unpaired) electrons. The molecule has 3 aromatic rings. The highest BCUT2D eigenvalue weighted by molar-refractivity contribution is 6.16. The molecule has 0 heterocycles. The third-order valence-corrected chi connectivity index (χ3v) is 4.84. The summed E-state index contributed by atoms with van der Waals surface area (Å²) in [6, 6.07) is 18.1. The van der Waals surface area contributed by atoms with Gasteiger partial charge in [0.25, 0.3) is 0 Å². The second-order valence-corrected chi connectivity index (χ2v) is 6.82. The second-order valence-electron chi connectivity index (χ2n) is 6.82. The van der Waals surface area contributed by atoms with Crippen molar-refractivity contribution in [2.75, 3.05) is 6.54 Å². The van der Waals surface area contributed by atoms with Crippen molar-refractivity contribution in [2.45, 2.75) is 45.4 Å². The van der Waals surface area contributed by atoms with Crippen molar-refractivity contribution in [3.8, 4) is 0 Å². The first-order valence-electron chi connectivity index (χ1n) is 9.74. The molecule has 135 valence electrons. The minimum Gasteiger partial charge on any atom is -0.0838 e. The molecule has 0 aliphatic heterocycles. The maximum atomic E-state index is 12.8. The quantitative estimate of drug-likeness (QED) is 0.256. The van der Waals surface area contributed by atoms with Crippen molar-refractivity contribution in [3.05, 3.63) is 60.2 Å². The van der Waals surface area contributed by atoms with Crippen molar-refractivity contribution in [1.82, 2.24) is 0 Å². The van der Waals surface area contributed by atoms with Crippen LogP contribution >= 0.6 is 0 Å². The smallest absolute Gasteiger partial charge is 0.0838 e. The molecule has 3 rings (SSSR count). The molecule has 26 heavy (non-hydrogen) atoms. The average molecular weight is 350 g/mol. The Bertz CT molecular complexity index is 818. The summed E-state index contributed by atoms with van der Waals surface area (Å²) in [6.07, 6.45) is 7.43. The predicted octanol–water partition coefficient (Wildman–Crippen LogP) is 4.99. The first-order valence-corrected chi connectivity index (χ1v) is 9.74. The van der Waals surface area contributed by atoms with E-state index >= 15 is 0 Å². The van der Waals surface area contributed by atoms with Gasteiger partial charge in [-0.2, -0.15) is 0 Å². The standard InChI is InChI=1S/C23H27NO2/c1-2-3-4-5-6-11-16-24-26-23(25)22-20-14-9-7-12-18(20)17-19-13-8-10-15-21(19)22/h7-10,12-15,17,24H,2-6,11,16H2,1H3/q+1/p+1. The summed E-state index contributed by atoms with van der Waals surface area (Å²) in [5, 5.41) is 4.02. The largest absolute Gasteiger partial charge is 0.671 e. The van der Waals surface area contributed by atoms with Gasteiger partial charge in [-0.15, -0.1) is 0 Å². The van der Waals surface area contributed by atoms with Crippen molar-refractivity contribution in [2.24, 2.45) is 0 Å². The van der Waals surface area contributed by atoms with Gasteiger partial charge in [-0.25, -0.2) is 0 Å².